The van der Waals surface area contributed by atoms with Crippen molar-refractivity contribution in [2.24, 2.45) is 0 Å². The molecule has 0 radical (unpaired) electrons. The molecular weight excluding hydrogens is 613 g/mol. The predicted molar refractivity (Wildman–Crippen MR) is 197 cm³/mol. The van der Waals surface area contributed by atoms with Gasteiger partial charge in [-0.2, -0.15) is 0 Å². The first-order chi connectivity index (χ1) is 22.6. The van der Waals surface area contributed by atoms with E-state index in [2.05, 4.69) is 38.2 Å². The molecule has 0 aromatic carbocycles. The van der Waals surface area contributed by atoms with Gasteiger partial charge in [0.1, 0.15) is 19.3 Å². The van der Waals surface area contributed by atoms with Crippen molar-refractivity contribution in [2.45, 2.75) is 161 Å². The van der Waals surface area contributed by atoms with Crippen LogP contribution >= 0.6 is 7.82 Å². The van der Waals surface area contributed by atoms with Crippen molar-refractivity contribution >= 4 is 13.8 Å². The van der Waals surface area contributed by atoms with Crippen LogP contribution in [0.2, 0.25) is 0 Å². The number of rotatable bonds is 35. The van der Waals surface area contributed by atoms with Gasteiger partial charge < -0.3 is 18.9 Å². The summed E-state index contributed by atoms with van der Waals surface area (Å²) in [7, 11) is 1.66. The van der Waals surface area contributed by atoms with Crippen molar-refractivity contribution in [3.8, 4) is 0 Å². The topological polar surface area (TPSA) is 91.3 Å². The number of carbonyl (C=O) groups is 1. The maximum absolute atomic E-state index is 12.6. The number of ether oxygens (including phenoxy) is 2. The van der Waals surface area contributed by atoms with Gasteiger partial charge in [-0.3, -0.25) is 13.8 Å². The number of hydrogen-bond acceptors (Lipinski definition) is 6. The van der Waals surface area contributed by atoms with E-state index < -0.39 is 13.9 Å². The standard InChI is InChI=1S/C38H74NO7P/c1-6-8-10-12-14-16-18-19-20-22-24-26-28-30-33-43-35-37(36-45-47(41,42)44-34-32-39(3,4)5)46-38(40)31-29-27-25-23-21-17-15-13-11-9-7-2/h13,15-16,18,37H,6-12,14,17,19-36H2,1-5H3/p+1/b15-13-,18-16-. The molecule has 8 nitrogen and oxygen atoms in total. The largest absolute Gasteiger partial charge is 0.472 e. The summed E-state index contributed by atoms with van der Waals surface area (Å²) in [6.07, 6.45) is 33.4. The predicted octanol–water partition coefficient (Wildman–Crippen LogP) is 10.5. The molecule has 278 valence electrons. The molecule has 0 saturated heterocycles. The van der Waals surface area contributed by atoms with Gasteiger partial charge in [0, 0.05) is 13.0 Å². The van der Waals surface area contributed by atoms with E-state index in [0.717, 1.165) is 44.9 Å². The molecule has 0 spiro atoms. The van der Waals surface area contributed by atoms with E-state index in [4.69, 9.17) is 18.5 Å². The summed E-state index contributed by atoms with van der Waals surface area (Å²) in [5.41, 5.74) is 0. The van der Waals surface area contributed by atoms with Crippen molar-refractivity contribution in [1.29, 1.82) is 0 Å². The van der Waals surface area contributed by atoms with Crippen LogP contribution in [0, 0.1) is 0 Å². The molecule has 0 fully saturated rings. The van der Waals surface area contributed by atoms with E-state index in [1.807, 2.05) is 21.1 Å². The lowest BCUT2D eigenvalue weighted by Crippen LogP contribution is -2.37. The van der Waals surface area contributed by atoms with Gasteiger partial charge in [-0.25, -0.2) is 4.57 Å². The van der Waals surface area contributed by atoms with Gasteiger partial charge in [-0.1, -0.05) is 115 Å². The average Bonchev–Trinajstić information content (AvgIpc) is 3.01. The molecular formula is C38H75NO7P+. The lowest BCUT2D eigenvalue weighted by molar-refractivity contribution is -0.870. The Morgan fingerprint density at radius 1 is 0.638 bits per heavy atom. The number of phosphoric ester groups is 1. The zero-order chi connectivity index (χ0) is 34.9. The van der Waals surface area contributed by atoms with Crippen LogP contribution in [0.4, 0.5) is 0 Å². The Hall–Kier alpha value is -1.02. The lowest BCUT2D eigenvalue weighted by atomic mass is 10.1. The summed E-state index contributed by atoms with van der Waals surface area (Å²) in [4.78, 5) is 22.7. The molecule has 0 aromatic heterocycles. The van der Waals surface area contributed by atoms with Crippen LogP contribution in [0.1, 0.15) is 155 Å². The maximum atomic E-state index is 12.6. The van der Waals surface area contributed by atoms with Crippen LogP contribution in [0.5, 0.6) is 0 Å². The molecule has 0 bridgehead atoms. The van der Waals surface area contributed by atoms with Crippen molar-refractivity contribution in [3.63, 3.8) is 0 Å². The first kappa shape index (κ1) is 46.0. The van der Waals surface area contributed by atoms with Gasteiger partial charge in [-0.05, 0) is 57.8 Å². The first-order valence-corrected chi connectivity index (χ1v) is 20.6. The quantitative estimate of drug-likeness (QED) is 0.0233. The van der Waals surface area contributed by atoms with E-state index in [0.29, 0.717) is 24.1 Å². The van der Waals surface area contributed by atoms with Crippen LogP contribution < -0.4 is 0 Å². The first-order valence-electron chi connectivity index (χ1n) is 19.1. The Balaban J connectivity index is 4.31. The molecule has 0 saturated carbocycles. The van der Waals surface area contributed by atoms with Gasteiger partial charge in [0.2, 0.25) is 0 Å². The molecule has 2 atom stereocenters. The third kappa shape index (κ3) is 36.1. The molecule has 0 aromatic rings. The second-order valence-corrected chi connectivity index (χ2v) is 15.4. The molecule has 2 unspecified atom stereocenters. The minimum absolute atomic E-state index is 0.0865. The third-order valence-electron chi connectivity index (χ3n) is 7.99. The van der Waals surface area contributed by atoms with E-state index in [1.54, 1.807) is 0 Å². The van der Waals surface area contributed by atoms with E-state index in [-0.39, 0.29) is 25.8 Å². The van der Waals surface area contributed by atoms with Gasteiger partial charge in [0.25, 0.3) is 0 Å². The van der Waals surface area contributed by atoms with E-state index in [9.17, 15) is 14.3 Å². The minimum Gasteiger partial charge on any atom is -0.457 e. The number of carbonyl (C=O) groups excluding carboxylic acids is 1. The van der Waals surface area contributed by atoms with Gasteiger partial charge >= 0.3 is 13.8 Å². The van der Waals surface area contributed by atoms with E-state index >= 15 is 0 Å². The van der Waals surface area contributed by atoms with Crippen LogP contribution in [-0.4, -0.2) is 75.6 Å². The average molecular weight is 689 g/mol. The Labute approximate surface area is 290 Å². The summed E-state index contributed by atoms with van der Waals surface area (Å²) in [5.74, 6) is -0.328. The minimum atomic E-state index is -4.27. The summed E-state index contributed by atoms with van der Waals surface area (Å²) >= 11 is 0. The normalized spacial score (nSPS) is 14.3. The summed E-state index contributed by atoms with van der Waals surface area (Å²) in [6, 6.07) is 0. The molecule has 47 heavy (non-hydrogen) atoms. The number of unbranched alkanes of at least 4 members (excludes halogenated alkanes) is 17. The van der Waals surface area contributed by atoms with Crippen LogP contribution in [0.25, 0.3) is 0 Å². The Morgan fingerprint density at radius 3 is 1.68 bits per heavy atom. The fourth-order valence-corrected chi connectivity index (χ4v) is 5.68. The van der Waals surface area contributed by atoms with Crippen LogP contribution in [0.3, 0.4) is 0 Å². The van der Waals surface area contributed by atoms with Crippen molar-refractivity contribution < 1.29 is 37.3 Å². The Morgan fingerprint density at radius 2 is 1.13 bits per heavy atom. The van der Waals surface area contributed by atoms with Gasteiger partial charge in [-0.15, -0.1) is 0 Å². The van der Waals surface area contributed by atoms with E-state index in [1.165, 1.54) is 89.9 Å². The second-order valence-electron chi connectivity index (χ2n) is 13.9. The summed E-state index contributed by atoms with van der Waals surface area (Å²) < 4.78 is 34.8. The maximum Gasteiger partial charge on any atom is 0.472 e. The zero-order valence-electron chi connectivity index (χ0n) is 31.3. The van der Waals surface area contributed by atoms with Crippen molar-refractivity contribution in [3.05, 3.63) is 24.3 Å². The highest BCUT2D eigenvalue weighted by Gasteiger charge is 2.26. The number of nitrogens with zero attached hydrogens (tertiary/aromatic N) is 1. The lowest BCUT2D eigenvalue weighted by Gasteiger charge is -2.24. The number of likely N-dealkylation sites (N-methyl/N-ethyl adjacent to an activating group) is 1. The number of esters is 1. The molecule has 1 N–H and O–H groups in total. The highest BCUT2D eigenvalue weighted by molar-refractivity contribution is 7.47. The smallest absolute Gasteiger partial charge is 0.457 e. The number of phosphoric acid groups is 1. The monoisotopic (exact) mass is 689 g/mol. The van der Waals surface area contributed by atoms with Crippen LogP contribution in [0.15, 0.2) is 24.3 Å². The molecule has 9 heteroatoms. The Bertz CT molecular complexity index is 812. The molecule has 0 aliphatic rings. The van der Waals surface area contributed by atoms with Gasteiger partial charge in [0.05, 0.1) is 34.4 Å². The van der Waals surface area contributed by atoms with Gasteiger partial charge in [0.15, 0.2) is 0 Å². The molecule has 0 rings (SSSR count). The third-order valence-corrected chi connectivity index (χ3v) is 8.97. The number of quaternary nitrogens is 1. The molecule has 0 aliphatic heterocycles. The number of hydrogen-bond donors (Lipinski definition) is 1. The van der Waals surface area contributed by atoms with Crippen molar-refractivity contribution in [1.82, 2.24) is 0 Å². The summed E-state index contributed by atoms with van der Waals surface area (Å²) in [6.45, 7) is 5.54. The second kappa shape index (κ2) is 32.2. The molecule has 0 amide bonds. The Kier molecular flexibility index (Phi) is 31.5. The fraction of sp³-hybridized carbons (Fsp3) is 0.868. The van der Waals surface area contributed by atoms with Crippen LogP contribution in [-0.2, 0) is 27.9 Å². The zero-order valence-corrected chi connectivity index (χ0v) is 32.2. The molecule has 0 aliphatic carbocycles. The summed E-state index contributed by atoms with van der Waals surface area (Å²) in [5, 5.41) is 0. The highest BCUT2D eigenvalue weighted by Crippen LogP contribution is 2.43. The highest BCUT2D eigenvalue weighted by atomic mass is 31.2. The SMILES string of the molecule is CCCC/C=C\CCCCCCCC(=O)OC(COCCCCCCCC/C=C\CCCCCC)COP(=O)(O)OCC[N+](C)(C)C. The van der Waals surface area contributed by atoms with Crippen molar-refractivity contribution in [2.75, 3.05) is 54.1 Å². The molecule has 0 heterocycles. The fourth-order valence-electron chi connectivity index (χ4n) is 4.94. The number of allylic oxidation sites excluding steroid dienone is 4.